The average molecular weight is 267 g/mol. The van der Waals surface area contributed by atoms with Crippen LogP contribution in [0.2, 0.25) is 0 Å². The van der Waals surface area contributed by atoms with Crippen LogP contribution in [-0.2, 0) is 0 Å². The van der Waals surface area contributed by atoms with E-state index in [1.807, 2.05) is 13.0 Å². The van der Waals surface area contributed by atoms with Gasteiger partial charge in [-0.25, -0.2) is 0 Å². The molecule has 0 aliphatic carbocycles. The van der Waals surface area contributed by atoms with Gasteiger partial charge in [-0.3, -0.25) is 25.8 Å². The van der Waals surface area contributed by atoms with Gasteiger partial charge in [-0.05, 0) is 19.8 Å². The van der Waals surface area contributed by atoms with Gasteiger partial charge in [0, 0.05) is 0 Å². The van der Waals surface area contributed by atoms with Crippen molar-refractivity contribution < 1.29 is 0 Å². The molecule has 0 aliphatic rings. The summed E-state index contributed by atoms with van der Waals surface area (Å²) in [4.78, 5) is 0. The van der Waals surface area contributed by atoms with E-state index in [-0.39, 0.29) is 16.0 Å². The van der Waals surface area contributed by atoms with Crippen molar-refractivity contribution in [2.75, 3.05) is 0 Å². The van der Waals surface area contributed by atoms with Crippen molar-refractivity contribution >= 4 is 41.8 Å². The second kappa shape index (κ2) is 16.2. The summed E-state index contributed by atoms with van der Waals surface area (Å²) in [5, 5.41) is 0. The Morgan fingerprint density at radius 1 is 1.44 bits per heavy atom. The zero-order chi connectivity index (χ0) is 7.54. The van der Waals surface area contributed by atoms with Gasteiger partial charge in [0.1, 0.15) is 0 Å². The number of unbranched alkanes of at least 4 members (excludes halogenated alkanes) is 1. The molecule has 0 heterocycles. The summed E-state index contributed by atoms with van der Waals surface area (Å²) in [6, 6.07) is 0. The molecule has 0 aromatic heterocycles. The van der Waals surface area contributed by atoms with Gasteiger partial charge >= 0.3 is 16.0 Å². The SMILES string of the molecule is CC=C[CH]CC.[Br][Mg][Br]. The summed E-state index contributed by atoms with van der Waals surface area (Å²) < 4.78 is 0. The highest BCUT2D eigenvalue weighted by molar-refractivity contribution is 9.47. The molecule has 51 valence electrons. The maximum Gasteiger partial charge on any atom is 0.560 e. The Morgan fingerprint density at radius 2 is 1.89 bits per heavy atom. The molecule has 0 aromatic rings. The maximum absolute atomic E-state index is 3.20. The summed E-state index contributed by atoms with van der Waals surface area (Å²) in [7, 11) is 0. The van der Waals surface area contributed by atoms with Crippen LogP contribution in [0.4, 0.5) is 0 Å². The topological polar surface area (TPSA) is 0 Å². The average Bonchev–Trinajstić information content (AvgIpc) is 1.86. The van der Waals surface area contributed by atoms with Crippen LogP contribution in [0.15, 0.2) is 12.2 Å². The lowest BCUT2D eigenvalue weighted by Gasteiger charge is -1.75. The van der Waals surface area contributed by atoms with Crippen LogP contribution < -0.4 is 0 Å². The molecule has 0 N–H and O–H groups in total. The Hall–Kier alpha value is 1.47. The zero-order valence-corrected chi connectivity index (χ0v) is 10.5. The number of halogens is 2. The van der Waals surface area contributed by atoms with Crippen LogP contribution in [0.1, 0.15) is 20.3 Å². The molecule has 0 rings (SSSR count). The van der Waals surface area contributed by atoms with Crippen molar-refractivity contribution in [3.05, 3.63) is 18.6 Å². The molecule has 9 heavy (non-hydrogen) atoms. The molecular formula is C6H11Br2Mg. The van der Waals surface area contributed by atoms with E-state index < -0.39 is 0 Å². The first-order valence-electron chi connectivity index (χ1n) is 2.89. The molecule has 0 nitrogen and oxygen atoms in total. The van der Waals surface area contributed by atoms with Gasteiger partial charge in [0.2, 0.25) is 0 Å². The van der Waals surface area contributed by atoms with Crippen molar-refractivity contribution in [3.8, 4) is 0 Å². The maximum atomic E-state index is 3.20. The summed E-state index contributed by atoms with van der Waals surface area (Å²) in [5.41, 5.74) is 0. The third kappa shape index (κ3) is 26.5. The molecule has 0 fully saturated rings. The molecule has 0 aromatic carbocycles. The molecular weight excluding hydrogens is 256 g/mol. The highest BCUT2D eigenvalue weighted by atomic mass is 79.9. The minimum absolute atomic E-state index is 0.0417. The van der Waals surface area contributed by atoms with E-state index in [1.165, 1.54) is 0 Å². The van der Waals surface area contributed by atoms with Gasteiger partial charge in [-0.15, -0.1) is 0 Å². The molecule has 0 bridgehead atoms. The molecule has 0 unspecified atom stereocenters. The van der Waals surface area contributed by atoms with Gasteiger partial charge < -0.3 is 0 Å². The molecule has 1 radical (unpaired) electrons. The lowest BCUT2D eigenvalue weighted by atomic mass is 10.3. The molecule has 0 spiro atoms. The van der Waals surface area contributed by atoms with Crippen molar-refractivity contribution in [3.63, 3.8) is 0 Å². The number of rotatable bonds is 2. The van der Waals surface area contributed by atoms with Crippen LogP contribution in [0.3, 0.4) is 0 Å². The highest BCUT2D eigenvalue weighted by Crippen LogP contribution is 1.83. The normalized spacial score (nSPS) is 8.00. The van der Waals surface area contributed by atoms with E-state index in [1.54, 1.807) is 0 Å². The molecule has 0 saturated heterocycles. The van der Waals surface area contributed by atoms with E-state index in [0.717, 1.165) is 6.42 Å². The van der Waals surface area contributed by atoms with Gasteiger partial charge in [0.25, 0.3) is 0 Å². The molecule has 0 aliphatic heterocycles. The fourth-order valence-corrected chi connectivity index (χ4v) is 0.272. The van der Waals surface area contributed by atoms with E-state index in [2.05, 4.69) is 45.2 Å². The predicted molar refractivity (Wildman–Crippen MR) is 53.0 cm³/mol. The standard InChI is InChI=1S/C6H11.2BrH.Mg/c1-3-5-6-4-2;;;/h3,5-6H,4H2,1-2H3;2*1H;/q;;;+2/p-2. The number of hydrogen-bond acceptors (Lipinski definition) is 0. The summed E-state index contributed by atoms with van der Waals surface area (Å²) in [5.74, 6) is 0. The third-order valence-electron chi connectivity index (χ3n) is 0.564. The Kier molecular flexibility index (Phi) is 23.6. The van der Waals surface area contributed by atoms with Crippen LogP contribution >= 0.6 is 25.8 Å². The van der Waals surface area contributed by atoms with Crippen LogP contribution in [0.25, 0.3) is 0 Å². The largest absolute Gasteiger partial charge is 0.560 e. The monoisotopic (exact) mass is 265 g/mol. The first-order chi connectivity index (χ1) is 4.33. The second-order valence-corrected chi connectivity index (χ2v) is 9.35. The zero-order valence-electron chi connectivity index (χ0n) is 5.90. The highest BCUT2D eigenvalue weighted by Gasteiger charge is 1.65. The van der Waals surface area contributed by atoms with Crippen LogP contribution in [-0.4, -0.2) is 16.0 Å². The Balaban J connectivity index is 0. The smallest absolute Gasteiger partial charge is 0.280 e. The number of allylic oxidation sites excluding steroid dienone is 2. The summed E-state index contributed by atoms with van der Waals surface area (Å²) in [6.45, 7) is 4.14. The molecule has 0 atom stereocenters. The fourth-order valence-electron chi connectivity index (χ4n) is 0.272. The van der Waals surface area contributed by atoms with Crippen LogP contribution in [0, 0.1) is 6.42 Å². The first kappa shape index (κ1) is 13.1. The Labute approximate surface area is 79.9 Å². The van der Waals surface area contributed by atoms with Crippen molar-refractivity contribution in [1.82, 2.24) is 0 Å². The summed E-state index contributed by atoms with van der Waals surface area (Å²) >= 11 is 6.44. The van der Waals surface area contributed by atoms with Gasteiger partial charge in [0.05, 0.1) is 0 Å². The van der Waals surface area contributed by atoms with Crippen molar-refractivity contribution in [2.24, 2.45) is 0 Å². The van der Waals surface area contributed by atoms with Crippen molar-refractivity contribution in [1.29, 1.82) is 0 Å². The summed E-state index contributed by atoms with van der Waals surface area (Å²) in [6.07, 6.45) is 7.36. The Bertz CT molecular complexity index is 55.0. The number of hydrogen-bond donors (Lipinski definition) is 0. The van der Waals surface area contributed by atoms with E-state index in [0.29, 0.717) is 0 Å². The molecule has 3 heteroatoms. The van der Waals surface area contributed by atoms with E-state index >= 15 is 0 Å². The first-order valence-corrected chi connectivity index (χ1v) is 10.7. The van der Waals surface area contributed by atoms with Gasteiger partial charge in [0.15, 0.2) is 0 Å². The minimum atomic E-state index is 0.0417. The second-order valence-electron chi connectivity index (χ2n) is 1.27. The van der Waals surface area contributed by atoms with E-state index in [9.17, 15) is 0 Å². The molecule has 0 saturated carbocycles. The minimum Gasteiger partial charge on any atom is -0.280 e. The van der Waals surface area contributed by atoms with Gasteiger partial charge in [-0.2, -0.15) is 0 Å². The van der Waals surface area contributed by atoms with Crippen LogP contribution in [0.5, 0.6) is 0 Å². The van der Waals surface area contributed by atoms with Gasteiger partial charge in [-0.1, -0.05) is 19.1 Å². The predicted octanol–water partition coefficient (Wildman–Crippen LogP) is 3.49. The lowest BCUT2D eigenvalue weighted by Crippen LogP contribution is -1.57. The third-order valence-corrected chi connectivity index (χ3v) is 0.564. The lowest BCUT2D eigenvalue weighted by molar-refractivity contribution is 1.15. The fraction of sp³-hybridized carbons (Fsp3) is 0.500. The van der Waals surface area contributed by atoms with E-state index in [4.69, 9.17) is 0 Å². The Morgan fingerprint density at radius 3 is 2.00 bits per heavy atom. The molecule has 0 amide bonds. The van der Waals surface area contributed by atoms with Crippen molar-refractivity contribution in [2.45, 2.75) is 20.3 Å². The quantitative estimate of drug-likeness (QED) is 0.672.